The Kier molecular flexibility index (Phi) is 4.51. The Morgan fingerprint density at radius 2 is 2.21 bits per heavy atom. The van der Waals surface area contributed by atoms with E-state index in [-0.39, 0.29) is 12.4 Å². The maximum atomic E-state index is 9.24. The van der Waals surface area contributed by atoms with Crippen LogP contribution in [-0.2, 0) is 0 Å². The summed E-state index contributed by atoms with van der Waals surface area (Å²) in [6.45, 7) is 0.498. The second-order valence-corrected chi connectivity index (χ2v) is 4.61. The summed E-state index contributed by atoms with van der Waals surface area (Å²) >= 11 is 0. The second kappa shape index (κ2) is 6.33. The Bertz CT molecular complexity index is 446. The van der Waals surface area contributed by atoms with Crippen LogP contribution in [0.15, 0.2) is 17.4 Å². The first kappa shape index (κ1) is 13.5. The molecule has 0 bridgehead atoms. The number of oxime groups is 1. The fourth-order valence-electron chi connectivity index (χ4n) is 2.58. The first-order valence-corrected chi connectivity index (χ1v) is 6.45. The average molecular weight is 265 g/mol. The maximum Gasteiger partial charge on any atom is 0.173 e. The van der Waals surface area contributed by atoms with Crippen LogP contribution in [0.3, 0.4) is 0 Å². The Labute approximate surface area is 111 Å². The van der Waals surface area contributed by atoms with Crippen LogP contribution in [0.2, 0.25) is 0 Å². The second-order valence-electron chi connectivity index (χ2n) is 4.61. The normalized spacial score (nSPS) is 16.8. The highest BCUT2D eigenvalue weighted by Crippen LogP contribution is 2.28. The lowest BCUT2D eigenvalue weighted by Crippen LogP contribution is -2.38. The number of aliphatic hydroxyl groups is 1. The smallest absolute Gasteiger partial charge is 0.173 e. The van der Waals surface area contributed by atoms with E-state index in [9.17, 15) is 5.11 Å². The molecule has 0 atom stereocenters. The molecular weight excluding hydrogens is 246 g/mol. The molecule has 1 aliphatic rings. The van der Waals surface area contributed by atoms with E-state index in [1.165, 1.54) is 19.0 Å². The highest BCUT2D eigenvalue weighted by Gasteiger charge is 2.26. The van der Waals surface area contributed by atoms with Crippen LogP contribution >= 0.6 is 0 Å². The van der Waals surface area contributed by atoms with Crippen LogP contribution in [0, 0.1) is 0 Å². The van der Waals surface area contributed by atoms with Gasteiger partial charge in [0.05, 0.1) is 18.4 Å². The molecule has 0 saturated heterocycles. The lowest BCUT2D eigenvalue weighted by atomic mass is 10.1. The predicted molar refractivity (Wildman–Crippen MR) is 71.2 cm³/mol. The molecule has 7 nitrogen and oxygen atoms in total. The molecule has 0 aliphatic heterocycles. The van der Waals surface area contributed by atoms with Gasteiger partial charge in [0.2, 0.25) is 0 Å². The Balaban J connectivity index is 2.35. The molecule has 0 amide bonds. The third-order valence-electron chi connectivity index (χ3n) is 3.46. The number of nitrogens with two attached hydrogens (primary N) is 1. The molecule has 1 aliphatic carbocycles. The van der Waals surface area contributed by atoms with Crippen molar-refractivity contribution in [1.82, 2.24) is 10.2 Å². The summed E-state index contributed by atoms with van der Waals surface area (Å²) in [5.41, 5.74) is 6.21. The van der Waals surface area contributed by atoms with Gasteiger partial charge in [0, 0.05) is 12.6 Å². The fraction of sp³-hybridized carbons (Fsp3) is 0.583. The van der Waals surface area contributed by atoms with E-state index in [1.54, 1.807) is 6.07 Å². The van der Waals surface area contributed by atoms with Gasteiger partial charge in [0.1, 0.15) is 0 Å². The van der Waals surface area contributed by atoms with E-state index >= 15 is 0 Å². The van der Waals surface area contributed by atoms with Crippen LogP contribution < -0.4 is 10.6 Å². The number of hydrogen-bond donors (Lipinski definition) is 3. The largest absolute Gasteiger partial charge is 0.409 e. The van der Waals surface area contributed by atoms with Gasteiger partial charge in [0.25, 0.3) is 0 Å². The van der Waals surface area contributed by atoms with E-state index in [4.69, 9.17) is 10.9 Å². The first-order chi connectivity index (χ1) is 9.27. The summed E-state index contributed by atoms with van der Waals surface area (Å²) in [7, 11) is 0. The van der Waals surface area contributed by atoms with Gasteiger partial charge in [-0.1, -0.05) is 18.0 Å². The molecule has 0 radical (unpaired) electrons. The minimum atomic E-state index is 0.00540. The van der Waals surface area contributed by atoms with Crippen molar-refractivity contribution in [3.63, 3.8) is 0 Å². The number of amidine groups is 1. The standard InChI is InChI=1S/C12H19N5O2/c13-11(16-19)10-5-6-14-15-12(10)17(7-8-18)9-3-1-2-4-9/h5-6,9,18-19H,1-4,7-8H2,(H2,13,16). The van der Waals surface area contributed by atoms with Gasteiger partial charge < -0.3 is 20.9 Å². The van der Waals surface area contributed by atoms with Crippen LogP contribution in [0.1, 0.15) is 31.2 Å². The molecule has 0 aromatic carbocycles. The lowest BCUT2D eigenvalue weighted by molar-refractivity contribution is 0.296. The number of aliphatic hydroxyl groups excluding tert-OH is 1. The van der Waals surface area contributed by atoms with Crippen molar-refractivity contribution in [2.24, 2.45) is 10.9 Å². The molecule has 1 fully saturated rings. The maximum absolute atomic E-state index is 9.24. The SMILES string of the molecule is N/C(=N/O)c1ccnnc1N(CCO)C1CCCC1. The molecule has 1 saturated carbocycles. The summed E-state index contributed by atoms with van der Waals surface area (Å²) in [5, 5.41) is 29.1. The van der Waals surface area contributed by atoms with Crippen molar-refractivity contribution >= 4 is 11.7 Å². The van der Waals surface area contributed by atoms with Gasteiger partial charge in [0.15, 0.2) is 11.7 Å². The zero-order chi connectivity index (χ0) is 13.7. The van der Waals surface area contributed by atoms with E-state index in [0.29, 0.717) is 24.0 Å². The van der Waals surface area contributed by atoms with E-state index < -0.39 is 0 Å². The van der Waals surface area contributed by atoms with Gasteiger partial charge in [-0.25, -0.2) is 0 Å². The fourth-order valence-corrected chi connectivity index (χ4v) is 2.58. The molecule has 1 heterocycles. The van der Waals surface area contributed by atoms with Crippen molar-refractivity contribution in [1.29, 1.82) is 0 Å². The summed E-state index contributed by atoms with van der Waals surface area (Å²) in [5.74, 6) is 0.574. The lowest BCUT2D eigenvalue weighted by Gasteiger charge is -2.30. The Hall–Kier alpha value is -1.89. The van der Waals surface area contributed by atoms with Crippen molar-refractivity contribution in [2.75, 3.05) is 18.1 Å². The number of hydrogen-bond acceptors (Lipinski definition) is 6. The zero-order valence-corrected chi connectivity index (χ0v) is 10.7. The number of nitrogens with zero attached hydrogens (tertiary/aromatic N) is 4. The summed E-state index contributed by atoms with van der Waals surface area (Å²) in [6, 6.07) is 1.99. The van der Waals surface area contributed by atoms with E-state index in [1.807, 2.05) is 4.90 Å². The topological polar surface area (TPSA) is 108 Å². The number of anilines is 1. The third kappa shape index (κ3) is 2.93. The van der Waals surface area contributed by atoms with Crippen LogP contribution in [0.5, 0.6) is 0 Å². The molecule has 1 aromatic heterocycles. The molecule has 0 unspecified atom stereocenters. The summed E-state index contributed by atoms with van der Waals surface area (Å²) in [6.07, 6.45) is 5.97. The van der Waals surface area contributed by atoms with Gasteiger partial charge in [-0.15, -0.1) is 5.10 Å². The van der Waals surface area contributed by atoms with Crippen molar-refractivity contribution in [2.45, 2.75) is 31.7 Å². The Morgan fingerprint density at radius 3 is 2.84 bits per heavy atom. The highest BCUT2D eigenvalue weighted by molar-refractivity contribution is 6.01. The van der Waals surface area contributed by atoms with Crippen molar-refractivity contribution in [3.8, 4) is 0 Å². The summed E-state index contributed by atoms with van der Waals surface area (Å²) in [4.78, 5) is 2.01. The number of aromatic nitrogens is 2. The molecule has 104 valence electrons. The van der Waals surface area contributed by atoms with Crippen LogP contribution in [-0.4, -0.2) is 45.5 Å². The summed E-state index contributed by atoms with van der Waals surface area (Å²) < 4.78 is 0. The number of rotatable bonds is 5. The van der Waals surface area contributed by atoms with E-state index in [0.717, 1.165) is 12.8 Å². The van der Waals surface area contributed by atoms with Gasteiger partial charge in [-0.3, -0.25) is 0 Å². The van der Waals surface area contributed by atoms with Crippen LogP contribution in [0.25, 0.3) is 0 Å². The van der Waals surface area contributed by atoms with Crippen molar-refractivity contribution < 1.29 is 10.3 Å². The quantitative estimate of drug-likeness (QED) is 0.306. The Morgan fingerprint density at radius 1 is 1.47 bits per heavy atom. The molecule has 4 N–H and O–H groups in total. The molecular formula is C12H19N5O2. The van der Waals surface area contributed by atoms with Gasteiger partial charge >= 0.3 is 0 Å². The van der Waals surface area contributed by atoms with E-state index in [2.05, 4.69) is 15.4 Å². The molecule has 1 aromatic rings. The molecule has 19 heavy (non-hydrogen) atoms. The molecule has 7 heteroatoms. The van der Waals surface area contributed by atoms with Crippen LogP contribution in [0.4, 0.5) is 5.82 Å². The average Bonchev–Trinajstić information content (AvgIpc) is 2.98. The zero-order valence-electron chi connectivity index (χ0n) is 10.7. The molecule has 2 rings (SSSR count). The highest BCUT2D eigenvalue weighted by atomic mass is 16.4. The molecule has 0 spiro atoms. The van der Waals surface area contributed by atoms with Crippen molar-refractivity contribution in [3.05, 3.63) is 17.8 Å². The minimum Gasteiger partial charge on any atom is -0.409 e. The monoisotopic (exact) mass is 265 g/mol. The predicted octanol–water partition coefficient (Wildman–Crippen LogP) is 0.312. The third-order valence-corrected chi connectivity index (χ3v) is 3.46. The van der Waals surface area contributed by atoms with Gasteiger partial charge in [-0.05, 0) is 18.9 Å². The minimum absolute atomic E-state index is 0.00540. The van der Waals surface area contributed by atoms with Gasteiger partial charge in [-0.2, -0.15) is 5.10 Å². The first-order valence-electron chi connectivity index (χ1n) is 6.45.